The summed E-state index contributed by atoms with van der Waals surface area (Å²) in [5, 5.41) is 7.54. The Kier molecular flexibility index (Phi) is 4.89. The van der Waals surface area contributed by atoms with Gasteiger partial charge in [0.2, 0.25) is 0 Å². The van der Waals surface area contributed by atoms with Gasteiger partial charge in [0.15, 0.2) is 0 Å². The Labute approximate surface area is 231 Å². The number of pyridine rings is 1. The van der Waals surface area contributed by atoms with Crippen LogP contribution in [0.1, 0.15) is 12.5 Å². The first-order valence-corrected chi connectivity index (χ1v) is 13.7. The summed E-state index contributed by atoms with van der Waals surface area (Å²) >= 11 is 0. The molecule has 0 aliphatic rings. The molecular weight excluding hydrogens is 486 g/mol. The predicted molar refractivity (Wildman–Crippen MR) is 171 cm³/mol. The number of hydrogen-bond acceptors (Lipinski definition) is 1. The van der Waals surface area contributed by atoms with Gasteiger partial charge >= 0.3 is 0 Å². The molecule has 0 amide bonds. The van der Waals surface area contributed by atoms with E-state index in [1.54, 1.807) is 6.20 Å². The molecule has 3 heteroatoms. The maximum Gasteiger partial charge on any atom is 0.0788 e. The fourth-order valence-corrected chi connectivity index (χ4v) is 6.58. The number of allylic oxidation sites excluding steroid dienone is 3. The maximum atomic E-state index is 5.78. The van der Waals surface area contributed by atoms with Gasteiger partial charge < -0.3 is 14.7 Å². The lowest BCUT2D eigenvalue weighted by atomic mass is 10.0. The molecule has 8 aromatic rings. The Morgan fingerprint density at radius 3 is 2.02 bits per heavy atom. The van der Waals surface area contributed by atoms with Crippen LogP contribution >= 0.6 is 0 Å². The van der Waals surface area contributed by atoms with Crippen LogP contribution in [0.4, 0.5) is 0 Å². The summed E-state index contributed by atoms with van der Waals surface area (Å²) in [4.78, 5) is 0. The van der Waals surface area contributed by atoms with Crippen molar-refractivity contribution >= 4 is 65.5 Å². The van der Waals surface area contributed by atoms with Crippen molar-refractivity contribution in [1.29, 1.82) is 0 Å². The molecule has 0 aliphatic heterocycles. The minimum absolute atomic E-state index is 1.10. The molecule has 2 N–H and O–H groups in total. The van der Waals surface area contributed by atoms with E-state index in [0.29, 0.717) is 0 Å². The van der Waals surface area contributed by atoms with Crippen LogP contribution in [0, 0.1) is 0 Å². The van der Waals surface area contributed by atoms with Gasteiger partial charge in [-0.1, -0.05) is 91.0 Å². The van der Waals surface area contributed by atoms with Gasteiger partial charge in [-0.2, -0.15) is 0 Å². The van der Waals surface area contributed by atoms with E-state index in [1.165, 1.54) is 59.9 Å². The molecule has 0 unspecified atom stereocenters. The van der Waals surface area contributed by atoms with E-state index in [2.05, 4.69) is 130 Å². The average Bonchev–Trinajstić information content (AvgIpc) is 3.57. The number of nitrogens with zero attached hydrogens (tertiary/aromatic N) is 2. The van der Waals surface area contributed by atoms with Gasteiger partial charge in [0, 0.05) is 32.6 Å². The smallest absolute Gasteiger partial charge is 0.0788 e. The van der Waals surface area contributed by atoms with Crippen molar-refractivity contribution in [3.63, 3.8) is 0 Å². The van der Waals surface area contributed by atoms with Crippen LogP contribution in [0.3, 0.4) is 0 Å². The van der Waals surface area contributed by atoms with E-state index in [4.69, 9.17) is 5.73 Å². The Bertz CT molecular complexity index is 2340. The van der Waals surface area contributed by atoms with Crippen LogP contribution in [0.25, 0.3) is 71.2 Å². The van der Waals surface area contributed by atoms with Gasteiger partial charge in [-0.05, 0) is 66.1 Å². The first-order valence-electron chi connectivity index (χ1n) is 13.7. The highest BCUT2D eigenvalue weighted by molar-refractivity contribution is 6.22. The van der Waals surface area contributed by atoms with E-state index >= 15 is 0 Å². The third-order valence-corrected chi connectivity index (χ3v) is 8.26. The van der Waals surface area contributed by atoms with Crippen molar-refractivity contribution in [2.75, 3.05) is 0 Å². The van der Waals surface area contributed by atoms with E-state index in [9.17, 15) is 0 Å². The first kappa shape index (κ1) is 22.7. The third-order valence-electron chi connectivity index (χ3n) is 8.26. The van der Waals surface area contributed by atoms with Crippen molar-refractivity contribution < 1.29 is 0 Å². The zero-order chi connectivity index (χ0) is 26.8. The molecule has 0 aliphatic carbocycles. The molecule has 5 aromatic carbocycles. The van der Waals surface area contributed by atoms with Gasteiger partial charge in [-0.15, -0.1) is 0 Å². The summed E-state index contributed by atoms with van der Waals surface area (Å²) in [5.41, 5.74) is 15.2. The van der Waals surface area contributed by atoms with Gasteiger partial charge in [0.25, 0.3) is 0 Å². The molecule has 3 aromatic heterocycles. The zero-order valence-electron chi connectivity index (χ0n) is 22.2. The van der Waals surface area contributed by atoms with E-state index in [-0.39, 0.29) is 0 Å². The second-order valence-corrected chi connectivity index (χ2v) is 10.3. The molecule has 8 rings (SSSR count). The molecule has 3 nitrogen and oxygen atoms in total. The molecule has 0 atom stereocenters. The summed E-state index contributed by atoms with van der Waals surface area (Å²) in [6.45, 7) is 2.05. The highest BCUT2D eigenvalue weighted by Crippen LogP contribution is 2.41. The number of benzene rings is 5. The summed E-state index contributed by atoms with van der Waals surface area (Å²) < 4.78 is 4.91. The van der Waals surface area contributed by atoms with Gasteiger partial charge in [0.05, 0.1) is 27.6 Å². The average molecular weight is 514 g/mol. The zero-order valence-corrected chi connectivity index (χ0v) is 22.2. The molecule has 0 saturated heterocycles. The molecule has 0 radical (unpaired) electrons. The van der Waals surface area contributed by atoms with Gasteiger partial charge in [-0.3, -0.25) is 0 Å². The molecule has 0 saturated carbocycles. The van der Waals surface area contributed by atoms with E-state index < -0.39 is 0 Å². The lowest BCUT2D eigenvalue weighted by molar-refractivity contribution is 1.18. The Hall–Kier alpha value is -5.28. The topological polar surface area (TPSA) is 35.4 Å². The summed E-state index contributed by atoms with van der Waals surface area (Å²) in [6.07, 6.45) is 5.67. The van der Waals surface area contributed by atoms with E-state index in [0.717, 1.165) is 16.8 Å². The summed E-state index contributed by atoms with van der Waals surface area (Å²) in [7, 11) is 0. The fourth-order valence-electron chi connectivity index (χ4n) is 6.58. The molecular formula is C37H27N3. The van der Waals surface area contributed by atoms with Crippen molar-refractivity contribution in [2.24, 2.45) is 5.73 Å². The lowest BCUT2D eigenvalue weighted by Gasteiger charge is -2.13. The van der Waals surface area contributed by atoms with Crippen molar-refractivity contribution in [3.8, 4) is 5.69 Å². The van der Waals surface area contributed by atoms with Crippen LogP contribution in [-0.2, 0) is 0 Å². The Morgan fingerprint density at radius 2 is 1.27 bits per heavy atom. The van der Waals surface area contributed by atoms with Gasteiger partial charge in [0.1, 0.15) is 0 Å². The quantitative estimate of drug-likeness (QED) is 0.185. The highest BCUT2D eigenvalue weighted by Gasteiger charge is 2.20. The van der Waals surface area contributed by atoms with Crippen LogP contribution < -0.4 is 5.73 Å². The number of hydrogen-bond donors (Lipinski definition) is 1. The molecule has 190 valence electrons. The minimum atomic E-state index is 1.10. The number of nitrogens with two attached hydrogens (primary N) is 1. The fraction of sp³-hybridized carbons (Fsp3) is 0.0270. The lowest BCUT2D eigenvalue weighted by Crippen LogP contribution is -1.97. The Balaban J connectivity index is 1.61. The first-order chi connectivity index (χ1) is 19.8. The molecule has 0 spiro atoms. The molecule has 0 fully saturated rings. The van der Waals surface area contributed by atoms with Crippen molar-refractivity contribution in [1.82, 2.24) is 8.97 Å². The normalized spacial score (nSPS) is 12.8. The number of rotatable bonds is 3. The highest BCUT2D eigenvalue weighted by atomic mass is 15.0. The molecule has 0 bridgehead atoms. The second-order valence-electron chi connectivity index (χ2n) is 10.3. The second kappa shape index (κ2) is 8.62. The largest absolute Gasteiger partial charge is 0.405 e. The summed E-state index contributed by atoms with van der Waals surface area (Å²) in [6, 6.07) is 41.9. The standard InChI is InChI=1S/C37H27N3/c1-2-24(20-21-38)25-10-9-11-27(22-25)39-33-16-7-6-15-31(33)32-19-18-26-23-35-30-14-4-3-12-28(30)29-13-5-8-17-34(29)40(35)36(26)37(32)39/h2-23H,38H2,1H3/b21-20-,24-2+. The predicted octanol–water partition coefficient (Wildman–Crippen LogP) is 9.37. The molecule has 3 heterocycles. The van der Waals surface area contributed by atoms with E-state index in [1.807, 2.05) is 13.0 Å². The number of fused-ring (bicyclic) bond motifs is 12. The maximum absolute atomic E-state index is 5.78. The minimum Gasteiger partial charge on any atom is -0.405 e. The third kappa shape index (κ3) is 3.06. The van der Waals surface area contributed by atoms with Crippen LogP contribution in [0.2, 0.25) is 0 Å². The van der Waals surface area contributed by atoms with Crippen LogP contribution in [0.15, 0.2) is 134 Å². The summed E-state index contributed by atoms with van der Waals surface area (Å²) in [5.74, 6) is 0. The van der Waals surface area contributed by atoms with Crippen molar-refractivity contribution in [2.45, 2.75) is 6.92 Å². The SMILES string of the molecule is C/C=C(\C=C/N)c1cccc(-n2c3ccccc3c3ccc4cc5c6ccccc6c6ccccc6n5c4c32)c1. The van der Waals surface area contributed by atoms with Crippen molar-refractivity contribution in [3.05, 3.63) is 139 Å². The molecule has 40 heavy (non-hydrogen) atoms. The number of aromatic nitrogens is 2. The number of para-hydroxylation sites is 2. The van der Waals surface area contributed by atoms with Crippen LogP contribution in [-0.4, -0.2) is 8.97 Å². The van der Waals surface area contributed by atoms with Crippen LogP contribution in [0.5, 0.6) is 0 Å². The Morgan fingerprint density at radius 1 is 0.600 bits per heavy atom. The monoisotopic (exact) mass is 513 g/mol. The van der Waals surface area contributed by atoms with Gasteiger partial charge in [-0.25, -0.2) is 0 Å².